The maximum absolute atomic E-state index is 6.10. The number of hydrogen-bond acceptors (Lipinski definition) is 2. The Morgan fingerprint density at radius 2 is 2.12 bits per heavy atom. The van der Waals surface area contributed by atoms with Gasteiger partial charge >= 0.3 is 0 Å². The Morgan fingerprint density at radius 3 is 2.76 bits per heavy atom. The van der Waals surface area contributed by atoms with Crippen LogP contribution >= 0.6 is 0 Å². The van der Waals surface area contributed by atoms with Gasteiger partial charge in [0.15, 0.2) is 0 Å². The molecule has 0 aliphatic rings. The predicted molar refractivity (Wildman–Crippen MR) is 74.1 cm³/mol. The first-order valence-corrected chi connectivity index (χ1v) is 6.23. The first kappa shape index (κ1) is 12.0. The Bertz CT molecular complexity index is 511. The largest absolute Gasteiger partial charge is 0.398 e. The third-order valence-electron chi connectivity index (χ3n) is 3.09. The first-order chi connectivity index (χ1) is 8.15. The van der Waals surface area contributed by atoms with Crippen molar-refractivity contribution in [2.45, 2.75) is 33.4 Å². The molecule has 0 amide bonds. The smallest absolute Gasteiger partial charge is 0.0506 e. The zero-order valence-corrected chi connectivity index (χ0v) is 10.8. The van der Waals surface area contributed by atoms with Crippen molar-refractivity contribution in [3.8, 4) is 0 Å². The average molecular weight is 231 g/mol. The number of benzene rings is 1. The molecule has 0 aliphatic carbocycles. The van der Waals surface area contributed by atoms with Crippen molar-refractivity contribution in [2.75, 3.05) is 12.3 Å². The monoisotopic (exact) mass is 231 g/mol. The molecule has 1 aromatic carbocycles. The van der Waals surface area contributed by atoms with E-state index in [0.29, 0.717) is 6.04 Å². The van der Waals surface area contributed by atoms with Crippen LogP contribution in [-0.4, -0.2) is 11.1 Å². The molecule has 3 heteroatoms. The van der Waals surface area contributed by atoms with Crippen LogP contribution in [0.4, 0.5) is 5.69 Å². The van der Waals surface area contributed by atoms with E-state index in [1.165, 1.54) is 16.5 Å². The summed E-state index contributed by atoms with van der Waals surface area (Å²) in [5, 5.41) is 4.56. The van der Waals surface area contributed by atoms with Crippen LogP contribution in [0.25, 0.3) is 10.9 Å². The third-order valence-corrected chi connectivity index (χ3v) is 3.09. The Hall–Kier alpha value is -1.48. The molecule has 0 fully saturated rings. The Balaban J connectivity index is 2.59. The Kier molecular flexibility index (Phi) is 3.38. The number of rotatable bonds is 4. The molecule has 0 atom stereocenters. The zero-order chi connectivity index (χ0) is 12.4. The number of aromatic nitrogens is 1. The number of fused-ring (bicyclic) bond motifs is 1. The van der Waals surface area contributed by atoms with E-state index in [-0.39, 0.29) is 0 Å². The van der Waals surface area contributed by atoms with Crippen molar-refractivity contribution in [3.63, 3.8) is 0 Å². The van der Waals surface area contributed by atoms with E-state index < -0.39 is 0 Å². The van der Waals surface area contributed by atoms with Gasteiger partial charge in [-0.1, -0.05) is 13.0 Å². The van der Waals surface area contributed by atoms with E-state index in [0.717, 1.165) is 18.8 Å². The highest BCUT2D eigenvalue weighted by Gasteiger charge is 2.11. The van der Waals surface area contributed by atoms with Gasteiger partial charge in [0.25, 0.3) is 0 Å². The van der Waals surface area contributed by atoms with Gasteiger partial charge in [0, 0.05) is 29.9 Å². The van der Waals surface area contributed by atoms with Crippen LogP contribution in [0.5, 0.6) is 0 Å². The minimum absolute atomic E-state index is 0.453. The van der Waals surface area contributed by atoms with E-state index in [2.05, 4.69) is 42.9 Å². The SMILES string of the molecule is CCNCc1cn(C(C)C)c2cccc(N)c12. The van der Waals surface area contributed by atoms with Gasteiger partial charge in [-0.05, 0) is 38.1 Å². The molecule has 0 bridgehead atoms. The second kappa shape index (κ2) is 4.80. The summed E-state index contributed by atoms with van der Waals surface area (Å²) in [6.45, 7) is 8.35. The van der Waals surface area contributed by atoms with E-state index in [1.807, 2.05) is 12.1 Å². The van der Waals surface area contributed by atoms with Crippen molar-refractivity contribution in [2.24, 2.45) is 0 Å². The Labute approximate surface area is 103 Å². The highest BCUT2D eigenvalue weighted by molar-refractivity contribution is 5.94. The number of nitrogens with zero attached hydrogens (tertiary/aromatic N) is 1. The molecule has 17 heavy (non-hydrogen) atoms. The van der Waals surface area contributed by atoms with Crippen molar-refractivity contribution < 1.29 is 0 Å². The topological polar surface area (TPSA) is 43.0 Å². The van der Waals surface area contributed by atoms with Gasteiger partial charge in [0.1, 0.15) is 0 Å². The standard InChI is InChI=1S/C14H21N3/c1-4-16-8-11-9-17(10(2)3)13-7-5-6-12(15)14(11)13/h5-7,9-10,16H,4,8,15H2,1-3H3. The summed E-state index contributed by atoms with van der Waals surface area (Å²) in [6, 6.07) is 6.59. The highest BCUT2D eigenvalue weighted by Crippen LogP contribution is 2.29. The molecule has 2 aromatic rings. The molecule has 1 aromatic heterocycles. The predicted octanol–water partition coefficient (Wildman–Crippen LogP) is 2.91. The number of hydrogen-bond donors (Lipinski definition) is 2. The van der Waals surface area contributed by atoms with Crippen molar-refractivity contribution in [3.05, 3.63) is 30.0 Å². The quantitative estimate of drug-likeness (QED) is 0.795. The lowest BCUT2D eigenvalue weighted by Gasteiger charge is -2.08. The van der Waals surface area contributed by atoms with Crippen molar-refractivity contribution >= 4 is 16.6 Å². The van der Waals surface area contributed by atoms with Crippen molar-refractivity contribution in [1.29, 1.82) is 0 Å². The maximum Gasteiger partial charge on any atom is 0.0506 e. The molecule has 3 N–H and O–H groups in total. The van der Waals surface area contributed by atoms with Gasteiger partial charge in [0.05, 0.1) is 5.52 Å². The lowest BCUT2D eigenvalue weighted by atomic mass is 10.1. The molecule has 3 nitrogen and oxygen atoms in total. The van der Waals surface area contributed by atoms with E-state index >= 15 is 0 Å². The summed E-state index contributed by atoms with van der Waals surface area (Å²) in [4.78, 5) is 0. The van der Waals surface area contributed by atoms with Crippen LogP contribution in [0.1, 0.15) is 32.4 Å². The summed E-state index contributed by atoms with van der Waals surface area (Å²) in [6.07, 6.45) is 2.22. The van der Waals surface area contributed by atoms with Crippen LogP contribution < -0.4 is 11.1 Å². The fourth-order valence-corrected chi connectivity index (χ4v) is 2.25. The fourth-order valence-electron chi connectivity index (χ4n) is 2.25. The van der Waals surface area contributed by atoms with Crippen LogP contribution in [0.2, 0.25) is 0 Å². The number of nitrogen functional groups attached to an aromatic ring is 1. The fraction of sp³-hybridized carbons (Fsp3) is 0.429. The molecule has 0 spiro atoms. The minimum Gasteiger partial charge on any atom is -0.398 e. The van der Waals surface area contributed by atoms with Crippen LogP contribution in [0.15, 0.2) is 24.4 Å². The molecule has 92 valence electrons. The van der Waals surface area contributed by atoms with Crippen LogP contribution in [0.3, 0.4) is 0 Å². The van der Waals surface area contributed by atoms with E-state index in [9.17, 15) is 0 Å². The average Bonchev–Trinajstić information content (AvgIpc) is 2.67. The summed E-state index contributed by atoms with van der Waals surface area (Å²) in [5.41, 5.74) is 9.49. The van der Waals surface area contributed by atoms with Crippen LogP contribution in [-0.2, 0) is 6.54 Å². The van der Waals surface area contributed by atoms with Crippen LogP contribution in [0, 0.1) is 0 Å². The molecular formula is C14H21N3. The van der Waals surface area contributed by atoms with Gasteiger partial charge in [-0.3, -0.25) is 0 Å². The van der Waals surface area contributed by atoms with E-state index in [4.69, 9.17) is 5.73 Å². The molecule has 2 rings (SSSR count). The third kappa shape index (κ3) is 2.15. The summed E-state index contributed by atoms with van der Waals surface area (Å²) in [7, 11) is 0. The molecule has 1 heterocycles. The minimum atomic E-state index is 0.453. The number of nitrogens with one attached hydrogen (secondary N) is 1. The van der Waals surface area contributed by atoms with Crippen molar-refractivity contribution in [1.82, 2.24) is 9.88 Å². The molecule has 0 aliphatic heterocycles. The highest BCUT2D eigenvalue weighted by atomic mass is 15.0. The summed E-state index contributed by atoms with van der Waals surface area (Å²) in [5.74, 6) is 0. The summed E-state index contributed by atoms with van der Waals surface area (Å²) >= 11 is 0. The van der Waals surface area contributed by atoms with Gasteiger partial charge in [0.2, 0.25) is 0 Å². The zero-order valence-electron chi connectivity index (χ0n) is 10.8. The maximum atomic E-state index is 6.10. The summed E-state index contributed by atoms with van der Waals surface area (Å²) < 4.78 is 2.29. The second-order valence-corrected chi connectivity index (χ2v) is 4.68. The first-order valence-electron chi connectivity index (χ1n) is 6.23. The normalized spacial score (nSPS) is 11.5. The lowest BCUT2D eigenvalue weighted by molar-refractivity contribution is 0.618. The molecular weight excluding hydrogens is 210 g/mol. The number of nitrogens with two attached hydrogens (primary N) is 1. The lowest BCUT2D eigenvalue weighted by Crippen LogP contribution is -2.11. The molecule has 0 saturated carbocycles. The Morgan fingerprint density at radius 1 is 1.35 bits per heavy atom. The van der Waals surface area contributed by atoms with Gasteiger partial charge < -0.3 is 15.6 Å². The van der Waals surface area contributed by atoms with Gasteiger partial charge in [-0.15, -0.1) is 0 Å². The number of anilines is 1. The molecule has 0 saturated heterocycles. The second-order valence-electron chi connectivity index (χ2n) is 4.68. The van der Waals surface area contributed by atoms with E-state index in [1.54, 1.807) is 0 Å². The molecule has 0 unspecified atom stereocenters. The molecule has 0 radical (unpaired) electrons. The van der Waals surface area contributed by atoms with Gasteiger partial charge in [-0.2, -0.15) is 0 Å². The van der Waals surface area contributed by atoms with Gasteiger partial charge in [-0.25, -0.2) is 0 Å².